The second-order valence-electron chi connectivity index (χ2n) is 5.69. The van der Waals surface area contributed by atoms with Crippen LogP contribution in [0.25, 0.3) is 0 Å². The van der Waals surface area contributed by atoms with E-state index in [1.165, 1.54) is 24.1 Å². The molecule has 4 heteroatoms. The summed E-state index contributed by atoms with van der Waals surface area (Å²) in [6.07, 6.45) is 9.25. The molecule has 0 radical (unpaired) electrons. The van der Waals surface area contributed by atoms with Crippen LogP contribution in [0, 0.1) is 0 Å². The predicted octanol–water partition coefficient (Wildman–Crippen LogP) is 2.41. The summed E-state index contributed by atoms with van der Waals surface area (Å²) in [6, 6.07) is 9.13. The SMILES string of the molecule is CN(CCc1ccncc1)c1ccnc(CNC2CC2)c1. The smallest absolute Gasteiger partial charge is 0.0562 e. The monoisotopic (exact) mass is 282 g/mol. The third-order valence-electron chi connectivity index (χ3n) is 3.88. The molecule has 2 heterocycles. The summed E-state index contributed by atoms with van der Waals surface area (Å²) in [5.41, 5.74) is 3.67. The van der Waals surface area contributed by atoms with Crippen LogP contribution >= 0.6 is 0 Å². The van der Waals surface area contributed by atoms with Crippen LogP contribution in [0.3, 0.4) is 0 Å². The molecule has 4 nitrogen and oxygen atoms in total. The van der Waals surface area contributed by atoms with Gasteiger partial charge in [-0.05, 0) is 49.1 Å². The number of rotatable bonds is 7. The molecular formula is C17H22N4. The highest BCUT2D eigenvalue weighted by molar-refractivity contribution is 5.45. The maximum absolute atomic E-state index is 4.44. The number of anilines is 1. The van der Waals surface area contributed by atoms with Crippen molar-refractivity contribution in [3.8, 4) is 0 Å². The van der Waals surface area contributed by atoms with Gasteiger partial charge in [0.2, 0.25) is 0 Å². The lowest BCUT2D eigenvalue weighted by atomic mass is 10.2. The van der Waals surface area contributed by atoms with Gasteiger partial charge in [-0.1, -0.05) is 0 Å². The molecule has 3 rings (SSSR count). The first kappa shape index (κ1) is 14.0. The van der Waals surface area contributed by atoms with Gasteiger partial charge < -0.3 is 10.2 Å². The van der Waals surface area contributed by atoms with Crippen molar-refractivity contribution in [2.75, 3.05) is 18.5 Å². The summed E-state index contributed by atoms with van der Waals surface area (Å²) >= 11 is 0. The van der Waals surface area contributed by atoms with Gasteiger partial charge in [-0.3, -0.25) is 9.97 Å². The number of nitrogens with one attached hydrogen (secondary N) is 1. The third-order valence-corrected chi connectivity index (χ3v) is 3.88. The Balaban J connectivity index is 1.55. The maximum Gasteiger partial charge on any atom is 0.0562 e. The average Bonchev–Trinajstić information content (AvgIpc) is 3.36. The molecule has 0 saturated heterocycles. The zero-order valence-corrected chi connectivity index (χ0v) is 12.5. The van der Waals surface area contributed by atoms with Crippen LogP contribution in [0.15, 0.2) is 42.9 Å². The third kappa shape index (κ3) is 4.26. The molecule has 2 aromatic heterocycles. The Morgan fingerprint density at radius 1 is 1.19 bits per heavy atom. The van der Waals surface area contributed by atoms with Crippen molar-refractivity contribution in [1.82, 2.24) is 15.3 Å². The molecule has 0 amide bonds. The van der Waals surface area contributed by atoms with Crippen molar-refractivity contribution in [3.05, 3.63) is 54.1 Å². The molecule has 1 aliphatic rings. The Kier molecular flexibility index (Phi) is 4.46. The molecule has 0 aliphatic heterocycles. The summed E-state index contributed by atoms with van der Waals surface area (Å²) in [6.45, 7) is 1.86. The topological polar surface area (TPSA) is 41.1 Å². The molecule has 1 N–H and O–H groups in total. The van der Waals surface area contributed by atoms with Gasteiger partial charge in [0.25, 0.3) is 0 Å². The zero-order valence-electron chi connectivity index (χ0n) is 12.5. The lowest BCUT2D eigenvalue weighted by Crippen LogP contribution is -2.21. The molecule has 0 atom stereocenters. The highest BCUT2D eigenvalue weighted by Crippen LogP contribution is 2.20. The van der Waals surface area contributed by atoms with Crippen LogP contribution in [0.2, 0.25) is 0 Å². The van der Waals surface area contributed by atoms with Gasteiger partial charge in [0.05, 0.1) is 5.69 Å². The summed E-state index contributed by atoms with van der Waals surface area (Å²) in [4.78, 5) is 10.8. The zero-order chi connectivity index (χ0) is 14.5. The van der Waals surface area contributed by atoms with E-state index < -0.39 is 0 Å². The Morgan fingerprint density at radius 2 is 2.00 bits per heavy atom. The van der Waals surface area contributed by atoms with Crippen molar-refractivity contribution >= 4 is 5.69 Å². The first-order valence-corrected chi connectivity index (χ1v) is 7.59. The maximum atomic E-state index is 4.44. The summed E-state index contributed by atoms with van der Waals surface area (Å²) < 4.78 is 0. The molecular weight excluding hydrogens is 260 g/mol. The Hall–Kier alpha value is -1.94. The second kappa shape index (κ2) is 6.68. The van der Waals surface area contributed by atoms with Crippen molar-refractivity contribution in [2.45, 2.75) is 31.8 Å². The largest absolute Gasteiger partial charge is 0.374 e. The van der Waals surface area contributed by atoms with Crippen molar-refractivity contribution < 1.29 is 0 Å². The van der Waals surface area contributed by atoms with E-state index in [1.807, 2.05) is 18.6 Å². The molecule has 2 aromatic rings. The molecule has 0 bridgehead atoms. The van der Waals surface area contributed by atoms with Crippen LogP contribution < -0.4 is 10.2 Å². The fourth-order valence-electron chi connectivity index (χ4n) is 2.31. The van der Waals surface area contributed by atoms with Gasteiger partial charge in [-0.15, -0.1) is 0 Å². The number of hydrogen-bond donors (Lipinski definition) is 1. The number of pyridine rings is 2. The minimum absolute atomic E-state index is 0.722. The number of aromatic nitrogens is 2. The minimum atomic E-state index is 0.722. The second-order valence-corrected chi connectivity index (χ2v) is 5.69. The van der Waals surface area contributed by atoms with E-state index in [1.54, 1.807) is 0 Å². The van der Waals surface area contributed by atoms with Gasteiger partial charge in [-0.2, -0.15) is 0 Å². The fourth-order valence-corrected chi connectivity index (χ4v) is 2.31. The van der Waals surface area contributed by atoms with E-state index >= 15 is 0 Å². The van der Waals surface area contributed by atoms with E-state index in [4.69, 9.17) is 0 Å². The van der Waals surface area contributed by atoms with Crippen LogP contribution in [0.4, 0.5) is 5.69 Å². The van der Waals surface area contributed by atoms with Gasteiger partial charge in [0.15, 0.2) is 0 Å². The molecule has 1 saturated carbocycles. The molecule has 21 heavy (non-hydrogen) atoms. The molecule has 1 aliphatic carbocycles. The number of likely N-dealkylation sites (N-methyl/N-ethyl adjacent to an activating group) is 1. The molecule has 0 spiro atoms. The van der Waals surface area contributed by atoms with Crippen molar-refractivity contribution in [3.63, 3.8) is 0 Å². The van der Waals surface area contributed by atoms with Gasteiger partial charge in [0, 0.05) is 50.5 Å². The predicted molar refractivity (Wildman–Crippen MR) is 85.3 cm³/mol. The van der Waals surface area contributed by atoms with E-state index in [2.05, 4.69) is 51.5 Å². The Labute approximate surface area is 126 Å². The van der Waals surface area contributed by atoms with Gasteiger partial charge >= 0.3 is 0 Å². The van der Waals surface area contributed by atoms with Crippen LogP contribution in [0.5, 0.6) is 0 Å². The first-order valence-electron chi connectivity index (χ1n) is 7.59. The minimum Gasteiger partial charge on any atom is -0.374 e. The van der Waals surface area contributed by atoms with E-state index in [-0.39, 0.29) is 0 Å². The van der Waals surface area contributed by atoms with E-state index in [9.17, 15) is 0 Å². The van der Waals surface area contributed by atoms with Gasteiger partial charge in [-0.25, -0.2) is 0 Å². The highest BCUT2D eigenvalue weighted by atomic mass is 15.1. The summed E-state index contributed by atoms with van der Waals surface area (Å²) in [5, 5.41) is 3.51. The Bertz CT molecular complexity index is 566. The quantitative estimate of drug-likeness (QED) is 0.846. The normalized spacial score (nSPS) is 14.1. The average molecular weight is 282 g/mol. The first-order chi connectivity index (χ1) is 10.3. The lowest BCUT2D eigenvalue weighted by Gasteiger charge is -2.20. The summed E-state index contributed by atoms with van der Waals surface area (Å²) in [7, 11) is 2.13. The van der Waals surface area contributed by atoms with Crippen LogP contribution in [-0.4, -0.2) is 29.6 Å². The van der Waals surface area contributed by atoms with Crippen molar-refractivity contribution in [2.24, 2.45) is 0 Å². The molecule has 0 unspecified atom stereocenters. The van der Waals surface area contributed by atoms with Crippen LogP contribution in [-0.2, 0) is 13.0 Å². The number of hydrogen-bond acceptors (Lipinski definition) is 4. The standard InChI is InChI=1S/C17H22N4/c1-21(11-7-14-4-8-18-9-5-14)17-6-10-19-16(12-17)13-20-15-2-3-15/h4-6,8-10,12,15,20H,2-3,7,11,13H2,1H3. The molecule has 1 fully saturated rings. The van der Waals surface area contributed by atoms with E-state index in [0.29, 0.717) is 0 Å². The van der Waals surface area contributed by atoms with Crippen LogP contribution in [0.1, 0.15) is 24.1 Å². The van der Waals surface area contributed by atoms with Crippen molar-refractivity contribution in [1.29, 1.82) is 0 Å². The lowest BCUT2D eigenvalue weighted by molar-refractivity contribution is 0.674. The fraction of sp³-hybridized carbons (Fsp3) is 0.412. The molecule has 0 aromatic carbocycles. The summed E-state index contributed by atoms with van der Waals surface area (Å²) in [5.74, 6) is 0. The Morgan fingerprint density at radius 3 is 2.76 bits per heavy atom. The van der Waals surface area contributed by atoms with Gasteiger partial charge in [0.1, 0.15) is 0 Å². The number of nitrogens with zero attached hydrogens (tertiary/aromatic N) is 3. The highest BCUT2D eigenvalue weighted by Gasteiger charge is 2.20. The molecule has 110 valence electrons. The van der Waals surface area contributed by atoms with E-state index in [0.717, 1.165) is 31.2 Å².